The fourth-order valence-corrected chi connectivity index (χ4v) is 2.87. The number of hydrogen-bond donors (Lipinski definition) is 2. The summed E-state index contributed by atoms with van der Waals surface area (Å²) in [4.78, 5) is 15.1. The van der Waals surface area contributed by atoms with Crippen molar-refractivity contribution < 1.29 is 23.4 Å². The van der Waals surface area contributed by atoms with Gasteiger partial charge in [-0.1, -0.05) is 0 Å². The van der Waals surface area contributed by atoms with Crippen LogP contribution in [0.5, 0.6) is 5.75 Å². The highest BCUT2D eigenvalue weighted by molar-refractivity contribution is 9.10. The molecular formula is C12H9BrF2N2O3S. The number of halogens is 3. The zero-order valence-electron chi connectivity index (χ0n) is 10.3. The number of rotatable bonds is 5. The Bertz CT molecular complexity index is 681. The maximum absolute atomic E-state index is 14.0. The number of carbonyl (C=O) groups excluding carboxylic acids is 1. The van der Waals surface area contributed by atoms with Crippen LogP contribution in [0.2, 0.25) is 0 Å². The van der Waals surface area contributed by atoms with Crippen molar-refractivity contribution in [2.75, 3.05) is 6.61 Å². The molecule has 112 valence electrons. The van der Waals surface area contributed by atoms with E-state index < -0.39 is 41.6 Å². The molecule has 0 spiro atoms. The van der Waals surface area contributed by atoms with Gasteiger partial charge in [0.25, 0.3) is 5.91 Å². The summed E-state index contributed by atoms with van der Waals surface area (Å²) in [7, 11) is 0. The summed E-state index contributed by atoms with van der Waals surface area (Å²) < 4.78 is 33.2. The monoisotopic (exact) mass is 378 g/mol. The maximum atomic E-state index is 14.0. The Hall–Kier alpha value is -1.58. The Morgan fingerprint density at radius 3 is 2.76 bits per heavy atom. The van der Waals surface area contributed by atoms with Gasteiger partial charge in [0.05, 0.1) is 6.61 Å². The van der Waals surface area contributed by atoms with Crippen LogP contribution >= 0.6 is 27.3 Å². The minimum atomic E-state index is -1.24. The summed E-state index contributed by atoms with van der Waals surface area (Å²) in [5.74, 6) is -3.93. The fraction of sp³-hybridized carbons (Fsp3) is 0.167. The quantitative estimate of drug-likeness (QED) is 0.836. The lowest BCUT2D eigenvalue weighted by atomic mass is 10.1. The first kappa shape index (κ1) is 15.8. The average molecular weight is 379 g/mol. The van der Waals surface area contributed by atoms with Crippen LogP contribution in [0.3, 0.4) is 0 Å². The van der Waals surface area contributed by atoms with Crippen molar-refractivity contribution in [3.8, 4) is 5.75 Å². The molecule has 0 saturated carbocycles. The molecule has 1 aromatic carbocycles. The predicted molar refractivity (Wildman–Crippen MR) is 75.1 cm³/mol. The first-order chi connectivity index (χ1) is 9.93. The minimum Gasteiger partial charge on any atom is -0.478 e. The Morgan fingerprint density at radius 2 is 2.24 bits per heavy atom. The molecule has 0 radical (unpaired) electrons. The van der Waals surface area contributed by atoms with E-state index in [9.17, 15) is 18.7 Å². The minimum absolute atomic E-state index is 0.393. The van der Waals surface area contributed by atoms with Gasteiger partial charge in [0, 0.05) is 5.38 Å². The van der Waals surface area contributed by atoms with Gasteiger partial charge in [0.2, 0.25) is 0 Å². The first-order valence-corrected chi connectivity index (χ1v) is 7.27. The number of thiazole rings is 1. The number of primary amides is 1. The lowest BCUT2D eigenvalue weighted by molar-refractivity contribution is 0.0982. The molecule has 2 aromatic rings. The third kappa shape index (κ3) is 3.36. The van der Waals surface area contributed by atoms with E-state index in [1.807, 2.05) is 0 Å². The number of carbonyl (C=O) groups is 1. The van der Waals surface area contributed by atoms with Gasteiger partial charge in [-0.2, -0.15) is 0 Å². The molecule has 0 bridgehead atoms. The van der Waals surface area contributed by atoms with E-state index in [1.165, 1.54) is 11.3 Å². The zero-order valence-corrected chi connectivity index (χ0v) is 12.7. The number of nitrogens with two attached hydrogens (primary N) is 1. The SMILES string of the molecule is NC(=O)c1c(F)ccc(OC(CO)c2nc(Br)cs2)c1F. The number of aliphatic hydroxyl groups excluding tert-OH is 1. The van der Waals surface area contributed by atoms with Crippen LogP contribution in [0, 0.1) is 11.6 Å². The van der Waals surface area contributed by atoms with E-state index in [2.05, 4.69) is 20.9 Å². The smallest absolute Gasteiger partial charge is 0.254 e. The molecule has 0 aliphatic rings. The fourth-order valence-electron chi connectivity index (χ4n) is 1.58. The molecule has 1 atom stereocenters. The van der Waals surface area contributed by atoms with Gasteiger partial charge in [-0.15, -0.1) is 11.3 Å². The predicted octanol–water partition coefficient (Wildman–Crippen LogP) is 2.40. The number of hydrogen-bond acceptors (Lipinski definition) is 5. The lowest BCUT2D eigenvalue weighted by Crippen LogP contribution is -2.18. The van der Waals surface area contributed by atoms with E-state index in [4.69, 9.17) is 10.5 Å². The summed E-state index contributed by atoms with van der Waals surface area (Å²) in [5.41, 5.74) is 4.04. The van der Waals surface area contributed by atoms with Crippen molar-refractivity contribution in [3.63, 3.8) is 0 Å². The van der Waals surface area contributed by atoms with Crippen molar-refractivity contribution in [2.24, 2.45) is 5.73 Å². The van der Waals surface area contributed by atoms with Gasteiger partial charge in [-0.05, 0) is 28.1 Å². The molecule has 1 heterocycles. The Morgan fingerprint density at radius 1 is 1.52 bits per heavy atom. The van der Waals surface area contributed by atoms with Crippen molar-refractivity contribution in [2.45, 2.75) is 6.10 Å². The van der Waals surface area contributed by atoms with Crippen LogP contribution < -0.4 is 10.5 Å². The Balaban J connectivity index is 2.34. The molecule has 21 heavy (non-hydrogen) atoms. The van der Waals surface area contributed by atoms with Crippen molar-refractivity contribution in [1.29, 1.82) is 0 Å². The van der Waals surface area contributed by atoms with Crippen LogP contribution in [0.15, 0.2) is 22.1 Å². The van der Waals surface area contributed by atoms with Crippen LogP contribution in [-0.4, -0.2) is 22.6 Å². The van der Waals surface area contributed by atoms with E-state index in [1.54, 1.807) is 5.38 Å². The standard InChI is InChI=1S/C12H9BrF2N2O3S/c13-8-4-21-12(17-8)7(3-18)20-6-2-1-5(14)9(10(6)15)11(16)19/h1-2,4,7,18H,3H2,(H2,16,19). The summed E-state index contributed by atoms with van der Waals surface area (Å²) in [6.07, 6.45) is -0.943. The van der Waals surface area contributed by atoms with Crippen molar-refractivity contribution >= 4 is 33.2 Å². The highest BCUT2D eigenvalue weighted by Crippen LogP contribution is 2.29. The molecule has 0 aliphatic heterocycles. The van der Waals surface area contributed by atoms with Crippen LogP contribution in [0.25, 0.3) is 0 Å². The Kier molecular flexibility index (Phi) is 4.86. The number of aromatic nitrogens is 1. The van der Waals surface area contributed by atoms with E-state index in [0.717, 1.165) is 12.1 Å². The van der Waals surface area contributed by atoms with Crippen LogP contribution in [-0.2, 0) is 0 Å². The number of nitrogens with zero attached hydrogens (tertiary/aromatic N) is 1. The molecule has 1 amide bonds. The third-order valence-corrected chi connectivity index (χ3v) is 4.15. The number of amides is 1. The number of benzene rings is 1. The molecule has 0 saturated heterocycles. The van der Waals surface area contributed by atoms with Gasteiger partial charge in [-0.25, -0.2) is 13.8 Å². The van der Waals surface area contributed by atoms with Gasteiger partial charge in [-0.3, -0.25) is 4.79 Å². The second-order valence-electron chi connectivity index (χ2n) is 3.90. The van der Waals surface area contributed by atoms with Crippen molar-refractivity contribution in [3.05, 3.63) is 44.3 Å². The highest BCUT2D eigenvalue weighted by Gasteiger charge is 2.23. The van der Waals surface area contributed by atoms with E-state index >= 15 is 0 Å². The van der Waals surface area contributed by atoms with Crippen LogP contribution in [0.1, 0.15) is 21.5 Å². The highest BCUT2D eigenvalue weighted by atomic mass is 79.9. The van der Waals surface area contributed by atoms with Crippen molar-refractivity contribution in [1.82, 2.24) is 4.98 Å². The summed E-state index contributed by atoms with van der Waals surface area (Å²) in [6, 6.07) is 1.88. The van der Waals surface area contributed by atoms with E-state index in [0.29, 0.717) is 9.61 Å². The second-order valence-corrected chi connectivity index (χ2v) is 5.60. The largest absolute Gasteiger partial charge is 0.478 e. The van der Waals surface area contributed by atoms with Gasteiger partial charge in [0.15, 0.2) is 17.7 Å². The topological polar surface area (TPSA) is 85.4 Å². The normalized spacial score (nSPS) is 12.2. The number of ether oxygens (including phenoxy) is 1. The third-order valence-electron chi connectivity index (χ3n) is 2.51. The maximum Gasteiger partial charge on any atom is 0.254 e. The van der Waals surface area contributed by atoms with E-state index in [-0.39, 0.29) is 0 Å². The van der Waals surface area contributed by atoms with Crippen LogP contribution in [0.4, 0.5) is 8.78 Å². The molecule has 5 nitrogen and oxygen atoms in total. The molecule has 0 aliphatic carbocycles. The van der Waals surface area contributed by atoms with Gasteiger partial charge >= 0.3 is 0 Å². The molecular weight excluding hydrogens is 370 g/mol. The molecule has 0 fully saturated rings. The Labute approximate surface area is 130 Å². The molecule has 9 heteroatoms. The zero-order chi connectivity index (χ0) is 15.6. The summed E-state index contributed by atoms with van der Waals surface area (Å²) >= 11 is 4.34. The van der Waals surface area contributed by atoms with Gasteiger partial charge < -0.3 is 15.6 Å². The average Bonchev–Trinajstić information content (AvgIpc) is 2.84. The number of aliphatic hydroxyl groups is 1. The molecule has 3 N–H and O–H groups in total. The lowest BCUT2D eigenvalue weighted by Gasteiger charge is -2.16. The second kappa shape index (κ2) is 6.46. The van der Waals surface area contributed by atoms with Gasteiger partial charge in [0.1, 0.15) is 21.0 Å². The first-order valence-electron chi connectivity index (χ1n) is 5.60. The molecule has 1 aromatic heterocycles. The summed E-state index contributed by atoms with van der Waals surface area (Å²) in [6.45, 7) is -0.470. The molecule has 1 unspecified atom stereocenters. The summed E-state index contributed by atoms with van der Waals surface area (Å²) in [5, 5.41) is 11.4. The molecule has 2 rings (SSSR count).